The minimum Gasteiger partial charge on any atom is -0.467 e. The second kappa shape index (κ2) is 10.1. The first-order chi connectivity index (χ1) is 16.4. The number of amides is 3. The van der Waals surface area contributed by atoms with Gasteiger partial charge in [0.05, 0.1) is 17.7 Å². The smallest absolute Gasteiger partial charge is 0.319 e. The Bertz CT molecular complexity index is 1360. The number of nitrogens with one attached hydrogen (secondary N) is 3. The lowest BCUT2D eigenvalue weighted by atomic mass is 10.2. The van der Waals surface area contributed by atoms with E-state index in [1.54, 1.807) is 54.6 Å². The van der Waals surface area contributed by atoms with Gasteiger partial charge in [-0.2, -0.15) is 0 Å². The molecular formula is C24H21N3O6S. The van der Waals surface area contributed by atoms with E-state index in [9.17, 15) is 18.0 Å². The molecule has 0 aliphatic rings. The van der Waals surface area contributed by atoms with E-state index >= 15 is 0 Å². The predicted octanol–water partition coefficient (Wildman–Crippen LogP) is 4.42. The van der Waals surface area contributed by atoms with Crippen LogP contribution in [0.15, 0.2) is 98.9 Å². The summed E-state index contributed by atoms with van der Waals surface area (Å²) in [4.78, 5) is 24.6. The van der Waals surface area contributed by atoms with Crippen molar-refractivity contribution in [2.24, 2.45) is 0 Å². The molecule has 174 valence electrons. The molecule has 4 aromatic rings. The quantitative estimate of drug-likeness (QED) is 0.343. The SMILES string of the molecule is O=C(NCc1ccco1)Nc1ccc(NC(=O)c2ccc(CS(=O)(=O)c3ccccc3)o2)cc1. The van der Waals surface area contributed by atoms with Crippen LogP contribution in [0.25, 0.3) is 0 Å². The highest BCUT2D eigenvalue weighted by atomic mass is 32.2. The van der Waals surface area contributed by atoms with Gasteiger partial charge in [-0.15, -0.1) is 0 Å². The van der Waals surface area contributed by atoms with Crippen LogP contribution in [0.1, 0.15) is 22.1 Å². The van der Waals surface area contributed by atoms with E-state index in [-0.39, 0.29) is 28.7 Å². The Morgan fingerprint density at radius 1 is 0.765 bits per heavy atom. The number of rotatable bonds is 8. The van der Waals surface area contributed by atoms with Crippen LogP contribution in [0.2, 0.25) is 0 Å². The zero-order valence-electron chi connectivity index (χ0n) is 17.9. The number of carbonyl (C=O) groups is 2. The van der Waals surface area contributed by atoms with E-state index in [1.165, 1.54) is 30.5 Å². The van der Waals surface area contributed by atoms with Crippen LogP contribution in [-0.2, 0) is 22.1 Å². The minimum atomic E-state index is -3.59. The van der Waals surface area contributed by atoms with Crippen molar-refractivity contribution < 1.29 is 26.8 Å². The molecule has 0 unspecified atom stereocenters. The lowest BCUT2D eigenvalue weighted by Gasteiger charge is -2.08. The number of benzene rings is 2. The van der Waals surface area contributed by atoms with Crippen LogP contribution in [-0.4, -0.2) is 20.4 Å². The Balaban J connectivity index is 1.31. The number of furan rings is 2. The van der Waals surface area contributed by atoms with Gasteiger partial charge < -0.3 is 24.8 Å². The van der Waals surface area contributed by atoms with Crippen molar-refractivity contribution in [3.63, 3.8) is 0 Å². The molecule has 0 radical (unpaired) electrons. The average Bonchev–Trinajstić information content (AvgIpc) is 3.52. The summed E-state index contributed by atoms with van der Waals surface area (Å²) in [6, 6.07) is 20.5. The molecule has 0 fully saturated rings. The third-order valence-electron chi connectivity index (χ3n) is 4.72. The van der Waals surface area contributed by atoms with Crippen LogP contribution >= 0.6 is 0 Å². The standard InChI is InChI=1S/C24H21N3O6S/c28-23(22-13-12-20(33-22)16-34(30,31)21-6-2-1-3-7-21)26-17-8-10-18(11-9-17)27-24(29)25-15-19-5-4-14-32-19/h1-14H,15-16H2,(H,26,28)(H2,25,27,29). The molecule has 2 aromatic carbocycles. The van der Waals surface area contributed by atoms with Crippen molar-refractivity contribution >= 4 is 33.2 Å². The number of hydrogen-bond donors (Lipinski definition) is 3. The summed E-state index contributed by atoms with van der Waals surface area (Å²) in [6.45, 7) is 0.255. The van der Waals surface area contributed by atoms with Gasteiger partial charge in [-0.3, -0.25) is 4.79 Å². The maximum atomic E-state index is 12.5. The normalized spacial score (nSPS) is 11.1. The van der Waals surface area contributed by atoms with E-state index in [0.29, 0.717) is 17.1 Å². The Kier molecular flexibility index (Phi) is 6.79. The Hall–Kier alpha value is -4.31. The molecule has 3 N–H and O–H groups in total. The van der Waals surface area contributed by atoms with Crippen LogP contribution in [0.4, 0.5) is 16.2 Å². The molecule has 9 nitrogen and oxygen atoms in total. The van der Waals surface area contributed by atoms with E-state index in [4.69, 9.17) is 8.83 Å². The molecule has 0 saturated carbocycles. The van der Waals surface area contributed by atoms with Crippen molar-refractivity contribution in [3.05, 3.63) is 102 Å². The molecule has 0 saturated heterocycles. The molecule has 3 amide bonds. The fraction of sp³-hybridized carbons (Fsp3) is 0.0833. The molecule has 0 bridgehead atoms. The number of sulfone groups is 1. The third-order valence-corrected chi connectivity index (χ3v) is 6.38. The van der Waals surface area contributed by atoms with Crippen molar-refractivity contribution in [3.8, 4) is 0 Å². The summed E-state index contributed by atoms with van der Waals surface area (Å²) < 4.78 is 35.6. The van der Waals surface area contributed by atoms with Gasteiger partial charge in [0.25, 0.3) is 5.91 Å². The van der Waals surface area contributed by atoms with Crippen molar-refractivity contribution in [1.29, 1.82) is 0 Å². The molecule has 0 aliphatic carbocycles. The molecule has 4 rings (SSSR count). The number of anilines is 2. The number of hydrogen-bond acceptors (Lipinski definition) is 6. The second-order valence-electron chi connectivity index (χ2n) is 7.26. The topological polar surface area (TPSA) is 131 Å². The molecule has 2 aromatic heterocycles. The summed E-state index contributed by atoms with van der Waals surface area (Å²) in [5, 5.41) is 8.00. The van der Waals surface area contributed by atoms with Gasteiger partial charge in [0.1, 0.15) is 17.3 Å². The first kappa shape index (κ1) is 22.9. The zero-order chi connectivity index (χ0) is 24.0. The van der Waals surface area contributed by atoms with E-state index in [2.05, 4.69) is 16.0 Å². The molecule has 0 spiro atoms. The van der Waals surface area contributed by atoms with Gasteiger partial charge in [0, 0.05) is 11.4 Å². The fourth-order valence-electron chi connectivity index (χ4n) is 3.06. The third kappa shape index (κ3) is 5.93. The lowest BCUT2D eigenvalue weighted by Crippen LogP contribution is -2.27. The van der Waals surface area contributed by atoms with Crippen LogP contribution in [0.5, 0.6) is 0 Å². The van der Waals surface area contributed by atoms with Gasteiger partial charge in [-0.25, -0.2) is 13.2 Å². The minimum absolute atomic E-state index is 0.0160. The first-order valence-corrected chi connectivity index (χ1v) is 11.9. The van der Waals surface area contributed by atoms with Crippen LogP contribution < -0.4 is 16.0 Å². The molecule has 34 heavy (non-hydrogen) atoms. The Morgan fingerprint density at radius 2 is 1.47 bits per heavy atom. The van der Waals surface area contributed by atoms with E-state index < -0.39 is 21.8 Å². The van der Waals surface area contributed by atoms with E-state index in [0.717, 1.165) is 0 Å². The Labute approximate surface area is 195 Å². The van der Waals surface area contributed by atoms with Gasteiger partial charge in [-0.1, -0.05) is 18.2 Å². The largest absolute Gasteiger partial charge is 0.467 e. The molecule has 0 aliphatic heterocycles. The van der Waals surface area contributed by atoms with E-state index in [1.807, 2.05) is 0 Å². The molecular weight excluding hydrogens is 458 g/mol. The fourth-order valence-corrected chi connectivity index (χ4v) is 4.33. The van der Waals surface area contributed by atoms with Crippen molar-refractivity contribution in [1.82, 2.24) is 5.32 Å². The number of carbonyl (C=O) groups excluding carboxylic acids is 2. The van der Waals surface area contributed by atoms with Gasteiger partial charge in [0.2, 0.25) is 0 Å². The maximum Gasteiger partial charge on any atom is 0.319 e. The van der Waals surface area contributed by atoms with Crippen molar-refractivity contribution in [2.75, 3.05) is 10.6 Å². The molecule has 0 atom stereocenters. The predicted molar refractivity (Wildman–Crippen MR) is 125 cm³/mol. The van der Waals surface area contributed by atoms with Gasteiger partial charge in [-0.05, 0) is 60.7 Å². The molecule has 2 heterocycles. The summed E-state index contributed by atoms with van der Waals surface area (Å²) in [5.74, 6) is -0.105. The van der Waals surface area contributed by atoms with Crippen molar-refractivity contribution in [2.45, 2.75) is 17.2 Å². The summed E-state index contributed by atoms with van der Waals surface area (Å²) >= 11 is 0. The summed E-state index contributed by atoms with van der Waals surface area (Å²) in [7, 11) is -3.59. The Morgan fingerprint density at radius 3 is 2.15 bits per heavy atom. The van der Waals surface area contributed by atoms with Gasteiger partial charge >= 0.3 is 6.03 Å². The van der Waals surface area contributed by atoms with Gasteiger partial charge in [0.15, 0.2) is 15.6 Å². The maximum absolute atomic E-state index is 12.5. The second-order valence-corrected chi connectivity index (χ2v) is 9.25. The lowest BCUT2D eigenvalue weighted by molar-refractivity contribution is 0.0995. The highest BCUT2D eigenvalue weighted by molar-refractivity contribution is 7.90. The highest BCUT2D eigenvalue weighted by Crippen LogP contribution is 2.19. The molecule has 10 heteroatoms. The van der Waals surface area contributed by atoms with Crippen LogP contribution in [0.3, 0.4) is 0 Å². The first-order valence-electron chi connectivity index (χ1n) is 10.2. The number of urea groups is 1. The zero-order valence-corrected chi connectivity index (χ0v) is 18.7. The average molecular weight is 480 g/mol. The summed E-state index contributed by atoms with van der Waals surface area (Å²) in [6.07, 6.45) is 1.53. The monoisotopic (exact) mass is 479 g/mol. The highest BCUT2D eigenvalue weighted by Gasteiger charge is 2.19. The van der Waals surface area contributed by atoms with Crippen LogP contribution in [0, 0.1) is 0 Å². The summed E-state index contributed by atoms with van der Waals surface area (Å²) in [5.41, 5.74) is 1.00.